The van der Waals surface area contributed by atoms with Crippen molar-refractivity contribution in [3.05, 3.63) is 12.4 Å². The highest BCUT2D eigenvalue weighted by molar-refractivity contribution is 5.43. The molecule has 2 rings (SSSR count). The Labute approximate surface area is 92.1 Å². The SMILES string of the molecule is Cn1cc(N2CCC(C(C)(C)C)C2)cn1. The van der Waals surface area contributed by atoms with Crippen molar-refractivity contribution >= 4 is 5.69 Å². The molecule has 1 unspecified atom stereocenters. The van der Waals surface area contributed by atoms with Gasteiger partial charge in [0.25, 0.3) is 0 Å². The second-order valence-electron chi connectivity index (χ2n) is 5.67. The molecule has 0 aromatic carbocycles. The Morgan fingerprint density at radius 3 is 2.60 bits per heavy atom. The molecule has 15 heavy (non-hydrogen) atoms. The van der Waals surface area contributed by atoms with Crippen LogP contribution in [0.25, 0.3) is 0 Å². The van der Waals surface area contributed by atoms with Crippen LogP contribution in [0.2, 0.25) is 0 Å². The minimum absolute atomic E-state index is 0.428. The number of aromatic nitrogens is 2. The summed E-state index contributed by atoms with van der Waals surface area (Å²) in [6.07, 6.45) is 5.37. The molecule has 0 bridgehead atoms. The van der Waals surface area contributed by atoms with Gasteiger partial charge < -0.3 is 4.90 Å². The molecule has 1 fully saturated rings. The molecule has 0 saturated carbocycles. The molecular formula is C12H21N3. The van der Waals surface area contributed by atoms with Gasteiger partial charge >= 0.3 is 0 Å². The number of hydrogen-bond donors (Lipinski definition) is 0. The zero-order valence-electron chi connectivity index (χ0n) is 10.2. The molecule has 3 heteroatoms. The average Bonchev–Trinajstić information content (AvgIpc) is 2.69. The van der Waals surface area contributed by atoms with Gasteiger partial charge in [-0.3, -0.25) is 4.68 Å². The first-order chi connectivity index (χ1) is 6.97. The van der Waals surface area contributed by atoms with Crippen molar-refractivity contribution in [2.75, 3.05) is 18.0 Å². The molecule has 2 heterocycles. The van der Waals surface area contributed by atoms with Crippen molar-refractivity contribution in [2.45, 2.75) is 27.2 Å². The molecule has 1 atom stereocenters. The van der Waals surface area contributed by atoms with Crippen LogP contribution < -0.4 is 4.90 Å². The smallest absolute Gasteiger partial charge is 0.0752 e. The first-order valence-electron chi connectivity index (χ1n) is 5.70. The molecule has 0 amide bonds. The van der Waals surface area contributed by atoms with E-state index >= 15 is 0 Å². The Morgan fingerprint density at radius 1 is 1.40 bits per heavy atom. The van der Waals surface area contributed by atoms with Crippen LogP contribution >= 0.6 is 0 Å². The molecule has 0 aliphatic carbocycles. The molecule has 0 spiro atoms. The van der Waals surface area contributed by atoms with E-state index in [2.05, 4.69) is 37.0 Å². The highest BCUT2D eigenvalue weighted by atomic mass is 15.3. The van der Waals surface area contributed by atoms with Crippen molar-refractivity contribution in [1.82, 2.24) is 9.78 Å². The number of anilines is 1. The lowest BCUT2D eigenvalue weighted by atomic mass is 9.80. The Hall–Kier alpha value is -0.990. The zero-order valence-corrected chi connectivity index (χ0v) is 10.2. The van der Waals surface area contributed by atoms with E-state index in [9.17, 15) is 0 Å². The number of aryl methyl sites for hydroxylation is 1. The van der Waals surface area contributed by atoms with Gasteiger partial charge in [-0.25, -0.2) is 0 Å². The van der Waals surface area contributed by atoms with Crippen molar-refractivity contribution in [1.29, 1.82) is 0 Å². The maximum Gasteiger partial charge on any atom is 0.0752 e. The quantitative estimate of drug-likeness (QED) is 0.704. The van der Waals surface area contributed by atoms with E-state index in [4.69, 9.17) is 0 Å². The molecule has 1 aliphatic heterocycles. The highest BCUT2D eigenvalue weighted by Gasteiger charge is 2.32. The molecule has 0 radical (unpaired) electrons. The third-order valence-electron chi connectivity index (χ3n) is 3.47. The second kappa shape index (κ2) is 3.54. The summed E-state index contributed by atoms with van der Waals surface area (Å²) in [5, 5.41) is 4.22. The summed E-state index contributed by atoms with van der Waals surface area (Å²) in [5.74, 6) is 0.803. The summed E-state index contributed by atoms with van der Waals surface area (Å²) >= 11 is 0. The normalized spacial score (nSPS) is 22.4. The lowest BCUT2D eigenvalue weighted by Gasteiger charge is -2.27. The van der Waals surface area contributed by atoms with Gasteiger partial charge in [0, 0.05) is 26.3 Å². The van der Waals surface area contributed by atoms with Crippen LogP contribution in [0.1, 0.15) is 27.2 Å². The zero-order chi connectivity index (χ0) is 11.1. The summed E-state index contributed by atoms with van der Waals surface area (Å²) in [7, 11) is 1.97. The summed E-state index contributed by atoms with van der Waals surface area (Å²) in [6.45, 7) is 9.36. The van der Waals surface area contributed by atoms with Gasteiger partial charge in [-0.15, -0.1) is 0 Å². The third kappa shape index (κ3) is 2.16. The minimum atomic E-state index is 0.428. The lowest BCUT2D eigenvalue weighted by molar-refractivity contribution is 0.263. The Kier molecular flexibility index (Phi) is 2.49. The molecular weight excluding hydrogens is 186 g/mol. The van der Waals surface area contributed by atoms with Crippen LogP contribution in [0.3, 0.4) is 0 Å². The van der Waals surface area contributed by atoms with E-state index in [0.717, 1.165) is 5.92 Å². The first kappa shape index (κ1) is 10.5. The fourth-order valence-electron chi connectivity index (χ4n) is 2.27. The molecule has 1 saturated heterocycles. The molecule has 1 aliphatic rings. The van der Waals surface area contributed by atoms with Gasteiger partial charge in [-0.2, -0.15) is 5.10 Å². The molecule has 3 nitrogen and oxygen atoms in total. The topological polar surface area (TPSA) is 21.1 Å². The fourth-order valence-corrected chi connectivity index (χ4v) is 2.27. The molecule has 0 N–H and O–H groups in total. The first-order valence-corrected chi connectivity index (χ1v) is 5.70. The maximum atomic E-state index is 4.22. The van der Waals surface area contributed by atoms with Gasteiger partial charge in [0.05, 0.1) is 11.9 Å². The monoisotopic (exact) mass is 207 g/mol. The Bertz CT molecular complexity index is 335. The number of nitrogens with zero attached hydrogens (tertiary/aromatic N) is 3. The second-order valence-corrected chi connectivity index (χ2v) is 5.67. The van der Waals surface area contributed by atoms with Gasteiger partial charge in [-0.05, 0) is 17.8 Å². The Morgan fingerprint density at radius 2 is 2.13 bits per heavy atom. The summed E-state index contributed by atoms with van der Waals surface area (Å²) in [5.41, 5.74) is 1.70. The van der Waals surface area contributed by atoms with Gasteiger partial charge in [0.1, 0.15) is 0 Å². The third-order valence-corrected chi connectivity index (χ3v) is 3.47. The average molecular weight is 207 g/mol. The number of hydrogen-bond acceptors (Lipinski definition) is 2. The lowest BCUT2D eigenvalue weighted by Crippen LogP contribution is -2.25. The molecule has 1 aromatic heterocycles. The van der Waals surface area contributed by atoms with Gasteiger partial charge in [-0.1, -0.05) is 20.8 Å². The van der Waals surface area contributed by atoms with Crippen LogP contribution in [0.4, 0.5) is 5.69 Å². The summed E-state index contributed by atoms with van der Waals surface area (Å²) in [4.78, 5) is 2.45. The van der Waals surface area contributed by atoms with Crippen molar-refractivity contribution in [3.8, 4) is 0 Å². The van der Waals surface area contributed by atoms with Crippen LogP contribution in [0, 0.1) is 11.3 Å². The highest BCUT2D eigenvalue weighted by Crippen LogP contribution is 2.35. The van der Waals surface area contributed by atoms with E-state index < -0.39 is 0 Å². The van der Waals surface area contributed by atoms with Crippen molar-refractivity contribution in [2.24, 2.45) is 18.4 Å². The minimum Gasteiger partial charge on any atom is -0.369 e. The molecule has 84 valence electrons. The van der Waals surface area contributed by atoms with Gasteiger partial charge in [0.15, 0.2) is 0 Å². The van der Waals surface area contributed by atoms with Gasteiger partial charge in [0.2, 0.25) is 0 Å². The van der Waals surface area contributed by atoms with Crippen LogP contribution in [-0.4, -0.2) is 22.9 Å². The fraction of sp³-hybridized carbons (Fsp3) is 0.750. The summed E-state index contributed by atoms with van der Waals surface area (Å²) < 4.78 is 1.87. The standard InChI is InChI=1S/C12H21N3/c1-12(2,3)10-5-6-15(8-10)11-7-13-14(4)9-11/h7,9-10H,5-6,8H2,1-4H3. The predicted octanol–water partition coefficient (Wildman–Crippen LogP) is 2.29. The largest absolute Gasteiger partial charge is 0.369 e. The van der Waals surface area contributed by atoms with Crippen molar-refractivity contribution in [3.63, 3.8) is 0 Å². The van der Waals surface area contributed by atoms with E-state index in [1.54, 1.807) is 0 Å². The molecule has 1 aromatic rings. The van der Waals surface area contributed by atoms with E-state index in [1.807, 2.05) is 17.9 Å². The predicted molar refractivity (Wildman–Crippen MR) is 63.0 cm³/mol. The van der Waals surface area contributed by atoms with Crippen molar-refractivity contribution < 1.29 is 0 Å². The van der Waals surface area contributed by atoms with E-state index in [0.29, 0.717) is 5.41 Å². The van der Waals surface area contributed by atoms with Crippen LogP contribution in [-0.2, 0) is 7.05 Å². The van der Waals surface area contributed by atoms with Crippen LogP contribution in [0.15, 0.2) is 12.4 Å². The maximum absolute atomic E-state index is 4.22. The Balaban J connectivity index is 2.04. The van der Waals surface area contributed by atoms with Crippen LogP contribution in [0.5, 0.6) is 0 Å². The van der Waals surface area contributed by atoms with E-state index in [1.165, 1.54) is 25.2 Å². The van der Waals surface area contributed by atoms with E-state index in [-0.39, 0.29) is 0 Å². The summed E-state index contributed by atoms with van der Waals surface area (Å²) in [6, 6.07) is 0. The number of rotatable bonds is 1.